The predicted octanol–water partition coefficient (Wildman–Crippen LogP) is 2.30. The first kappa shape index (κ1) is 11.3. The highest BCUT2D eigenvalue weighted by Crippen LogP contribution is 2.30. The number of nitrogens with zero attached hydrogens (tertiary/aromatic N) is 2. The summed E-state index contributed by atoms with van der Waals surface area (Å²) in [5.41, 5.74) is 1.68. The average Bonchev–Trinajstić information content (AvgIpc) is 2.77. The van der Waals surface area contributed by atoms with Crippen molar-refractivity contribution >= 4 is 10.9 Å². The van der Waals surface area contributed by atoms with Crippen LogP contribution in [0.3, 0.4) is 0 Å². The fourth-order valence-corrected chi connectivity index (χ4v) is 2.35. The fraction of sp³-hybridized carbons (Fsp3) is 0.357. The molecule has 1 aliphatic rings. The van der Waals surface area contributed by atoms with Gasteiger partial charge in [-0.2, -0.15) is 5.10 Å². The van der Waals surface area contributed by atoms with Gasteiger partial charge in [-0.1, -0.05) is 18.2 Å². The highest BCUT2D eigenvalue weighted by molar-refractivity contribution is 5.82. The number of hydrogen-bond acceptors (Lipinski definition) is 3. The molecule has 2 aromatic rings. The van der Waals surface area contributed by atoms with Crippen LogP contribution in [0.4, 0.5) is 0 Å². The number of para-hydroxylation sites is 1. The third-order valence-electron chi connectivity index (χ3n) is 3.28. The Balaban J connectivity index is 2.06. The number of fused-ring (bicyclic) bond motifs is 1. The number of hydrogen-bond donors (Lipinski definition) is 1. The number of rotatable bonds is 2. The summed E-state index contributed by atoms with van der Waals surface area (Å²) in [5.74, 6) is 0.630. The molecule has 1 aromatic carbocycles. The van der Waals surface area contributed by atoms with Crippen LogP contribution in [0.25, 0.3) is 10.9 Å². The lowest BCUT2D eigenvalue weighted by Gasteiger charge is -2.18. The van der Waals surface area contributed by atoms with Crippen LogP contribution in [0.15, 0.2) is 36.1 Å². The van der Waals surface area contributed by atoms with Gasteiger partial charge in [0, 0.05) is 12.4 Å². The van der Waals surface area contributed by atoms with Crippen LogP contribution >= 0.6 is 0 Å². The van der Waals surface area contributed by atoms with Gasteiger partial charge in [-0.15, -0.1) is 0 Å². The van der Waals surface area contributed by atoms with Crippen molar-refractivity contribution in [2.75, 3.05) is 6.61 Å². The van der Waals surface area contributed by atoms with Gasteiger partial charge in [0.25, 0.3) is 0 Å². The molecule has 1 aliphatic heterocycles. The first-order chi connectivity index (χ1) is 8.77. The molecule has 0 spiro atoms. The Bertz CT molecular complexity index is 601. The lowest BCUT2D eigenvalue weighted by molar-refractivity contribution is 0.0898. The second-order valence-electron chi connectivity index (χ2n) is 4.53. The normalized spacial score (nSPS) is 17.3. The quantitative estimate of drug-likeness (QED) is 0.881. The minimum Gasteiger partial charge on any atom is -0.495 e. The molecule has 3 rings (SSSR count). The third-order valence-corrected chi connectivity index (χ3v) is 3.28. The molecule has 0 saturated carbocycles. The molecule has 1 unspecified atom stereocenters. The van der Waals surface area contributed by atoms with Crippen LogP contribution in [0, 0.1) is 0 Å². The topological polar surface area (TPSA) is 47.3 Å². The number of aromatic nitrogens is 2. The van der Waals surface area contributed by atoms with Crippen LogP contribution in [-0.4, -0.2) is 21.5 Å². The smallest absolute Gasteiger partial charge is 0.155 e. The van der Waals surface area contributed by atoms with E-state index in [0.29, 0.717) is 18.1 Å². The summed E-state index contributed by atoms with van der Waals surface area (Å²) in [6.07, 6.45) is 3.16. The zero-order chi connectivity index (χ0) is 12.5. The van der Waals surface area contributed by atoms with E-state index in [1.54, 1.807) is 4.68 Å². The summed E-state index contributed by atoms with van der Waals surface area (Å²) in [5, 5.41) is 15.8. The molecular formula is C14H16N2O2. The van der Waals surface area contributed by atoms with E-state index in [2.05, 4.69) is 5.10 Å². The van der Waals surface area contributed by atoms with E-state index in [4.69, 9.17) is 4.74 Å². The predicted molar refractivity (Wildman–Crippen MR) is 68.9 cm³/mol. The lowest BCUT2D eigenvalue weighted by atomic mass is 10.1. The second kappa shape index (κ2) is 4.46. The summed E-state index contributed by atoms with van der Waals surface area (Å²) in [4.78, 5) is 0. The molecule has 4 nitrogen and oxygen atoms in total. The number of allylic oxidation sites excluding steroid dienone is 1. The van der Waals surface area contributed by atoms with Gasteiger partial charge in [0.15, 0.2) is 6.10 Å². The molecule has 0 amide bonds. The number of benzene rings is 1. The van der Waals surface area contributed by atoms with Crippen molar-refractivity contribution in [2.24, 2.45) is 7.05 Å². The Hall–Kier alpha value is -1.81. The zero-order valence-electron chi connectivity index (χ0n) is 10.3. The maximum Gasteiger partial charge on any atom is 0.155 e. The summed E-state index contributed by atoms with van der Waals surface area (Å²) in [6, 6.07) is 7.89. The molecule has 0 fully saturated rings. The Labute approximate surface area is 105 Å². The minimum absolute atomic E-state index is 0.630. The molecule has 0 saturated heterocycles. The summed E-state index contributed by atoms with van der Waals surface area (Å²) >= 11 is 0. The first-order valence-corrected chi connectivity index (χ1v) is 6.20. The van der Waals surface area contributed by atoms with Gasteiger partial charge in [-0.25, -0.2) is 0 Å². The maximum atomic E-state index is 10.4. The summed E-state index contributed by atoms with van der Waals surface area (Å²) in [7, 11) is 1.88. The lowest BCUT2D eigenvalue weighted by Crippen LogP contribution is -2.10. The molecule has 1 N–H and O–H groups in total. The van der Waals surface area contributed by atoms with Crippen molar-refractivity contribution in [3.63, 3.8) is 0 Å². The fourth-order valence-electron chi connectivity index (χ4n) is 2.35. The van der Waals surface area contributed by atoms with Gasteiger partial charge in [-0.3, -0.25) is 4.68 Å². The van der Waals surface area contributed by atoms with E-state index in [1.165, 1.54) is 0 Å². The number of aliphatic hydroxyl groups excluding tert-OH is 1. The van der Waals surface area contributed by atoms with E-state index in [-0.39, 0.29) is 0 Å². The van der Waals surface area contributed by atoms with Gasteiger partial charge < -0.3 is 9.84 Å². The number of aryl methyl sites for hydroxylation is 1. The van der Waals surface area contributed by atoms with Crippen LogP contribution in [0.1, 0.15) is 24.6 Å². The molecule has 18 heavy (non-hydrogen) atoms. The van der Waals surface area contributed by atoms with E-state index in [9.17, 15) is 5.11 Å². The van der Waals surface area contributed by atoms with E-state index >= 15 is 0 Å². The van der Waals surface area contributed by atoms with E-state index < -0.39 is 6.10 Å². The molecule has 0 radical (unpaired) electrons. The standard InChI is InChI=1S/C14H16N2O2/c1-16-11-7-3-2-6-10(11)13(15-16)14(17)12-8-4-5-9-18-12/h2-3,6-8,14,17H,4-5,9H2,1H3. The number of aliphatic hydroxyl groups is 1. The molecule has 1 aromatic heterocycles. The zero-order valence-corrected chi connectivity index (χ0v) is 10.3. The van der Waals surface area contributed by atoms with E-state index in [0.717, 1.165) is 23.7 Å². The van der Waals surface area contributed by atoms with Crippen LogP contribution < -0.4 is 0 Å². The molecule has 0 aliphatic carbocycles. The second-order valence-corrected chi connectivity index (χ2v) is 4.53. The summed E-state index contributed by atoms with van der Waals surface area (Å²) < 4.78 is 7.30. The van der Waals surface area contributed by atoms with Gasteiger partial charge in [0.05, 0.1) is 12.1 Å². The molecule has 94 valence electrons. The highest BCUT2D eigenvalue weighted by atomic mass is 16.5. The average molecular weight is 244 g/mol. The van der Waals surface area contributed by atoms with Gasteiger partial charge in [-0.05, 0) is 25.0 Å². The highest BCUT2D eigenvalue weighted by Gasteiger charge is 2.22. The van der Waals surface area contributed by atoms with Crippen LogP contribution in [0.5, 0.6) is 0 Å². The van der Waals surface area contributed by atoms with Crippen molar-refractivity contribution in [3.8, 4) is 0 Å². The van der Waals surface area contributed by atoms with Crippen LogP contribution in [-0.2, 0) is 11.8 Å². The molecular weight excluding hydrogens is 228 g/mol. The molecule has 4 heteroatoms. The van der Waals surface area contributed by atoms with Crippen LogP contribution in [0.2, 0.25) is 0 Å². The molecule has 0 bridgehead atoms. The van der Waals surface area contributed by atoms with Crippen molar-refractivity contribution in [1.29, 1.82) is 0 Å². The first-order valence-electron chi connectivity index (χ1n) is 6.20. The Morgan fingerprint density at radius 1 is 1.39 bits per heavy atom. The summed E-state index contributed by atoms with van der Waals surface area (Å²) in [6.45, 7) is 0.674. The Morgan fingerprint density at radius 2 is 2.22 bits per heavy atom. The Morgan fingerprint density at radius 3 is 3.00 bits per heavy atom. The van der Waals surface area contributed by atoms with Gasteiger partial charge >= 0.3 is 0 Å². The third kappa shape index (κ3) is 1.78. The van der Waals surface area contributed by atoms with Crippen molar-refractivity contribution in [3.05, 3.63) is 41.8 Å². The maximum absolute atomic E-state index is 10.4. The van der Waals surface area contributed by atoms with E-state index in [1.807, 2.05) is 37.4 Å². The monoisotopic (exact) mass is 244 g/mol. The Kier molecular flexibility index (Phi) is 2.80. The van der Waals surface area contributed by atoms with Crippen molar-refractivity contribution < 1.29 is 9.84 Å². The van der Waals surface area contributed by atoms with Crippen molar-refractivity contribution in [1.82, 2.24) is 9.78 Å². The molecule has 2 heterocycles. The largest absolute Gasteiger partial charge is 0.495 e. The molecule has 1 atom stereocenters. The van der Waals surface area contributed by atoms with Gasteiger partial charge in [0.1, 0.15) is 11.5 Å². The van der Waals surface area contributed by atoms with Crippen molar-refractivity contribution in [2.45, 2.75) is 18.9 Å². The minimum atomic E-state index is -0.767. The SMILES string of the molecule is Cn1nc(C(O)C2=CCCCO2)c2ccccc21. The number of ether oxygens (including phenoxy) is 1. The van der Waals surface area contributed by atoms with Gasteiger partial charge in [0.2, 0.25) is 0 Å².